The Kier molecular flexibility index (Phi) is 3.47. The fraction of sp³-hybridized carbons (Fsp3) is 0.750. The molecule has 0 bridgehead atoms. The molecule has 1 unspecified atom stereocenters. The molecule has 1 aliphatic carbocycles. The predicted molar refractivity (Wildman–Crippen MR) is 61.8 cm³/mol. The summed E-state index contributed by atoms with van der Waals surface area (Å²) in [5.41, 5.74) is 7.03. The van der Waals surface area contributed by atoms with Crippen LogP contribution in [0.25, 0.3) is 0 Å². The van der Waals surface area contributed by atoms with Crippen LogP contribution in [0.15, 0.2) is 12.3 Å². The first-order valence-corrected chi connectivity index (χ1v) is 6.08. The summed E-state index contributed by atoms with van der Waals surface area (Å²) in [6, 6.07) is 1.87. The number of hydrogen-bond acceptors (Lipinski definition) is 2. The Labute approximate surface area is 100.0 Å². The van der Waals surface area contributed by atoms with Gasteiger partial charge in [0.05, 0.1) is 5.69 Å². The van der Waals surface area contributed by atoms with E-state index in [9.17, 15) is 8.78 Å². The van der Waals surface area contributed by atoms with Crippen LogP contribution in [0.3, 0.4) is 0 Å². The van der Waals surface area contributed by atoms with Crippen molar-refractivity contribution < 1.29 is 8.78 Å². The predicted octanol–water partition coefficient (Wildman–Crippen LogP) is 2.12. The van der Waals surface area contributed by atoms with Crippen LogP contribution in [0, 0.1) is 5.92 Å². The number of alkyl halides is 2. The Bertz CT molecular complexity index is 366. The maximum absolute atomic E-state index is 13.0. The van der Waals surface area contributed by atoms with Crippen molar-refractivity contribution in [1.82, 2.24) is 9.78 Å². The first-order valence-electron chi connectivity index (χ1n) is 6.08. The zero-order valence-corrected chi connectivity index (χ0v) is 10.1. The van der Waals surface area contributed by atoms with Crippen molar-refractivity contribution in [3.05, 3.63) is 18.0 Å². The minimum absolute atomic E-state index is 0.0203. The van der Waals surface area contributed by atoms with Crippen molar-refractivity contribution in [2.45, 2.75) is 44.1 Å². The van der Waals surface area contributed by atoms with Crippen LogP contribution >= 0.6 is 0 Å². The van der Waals surface area contributed by atoms with Crippen LogP contribution in [0.1, 0.15) is 31.4 Å². The Morgan fingerprint density at radius 1 is 1.53 bits per heavy atom. The highest BCUT2D eigenvalue weighted by Gasteiger charge is 2.36. The normalized spacial score (nSPS) is 22.6. The molecular weight excluding hydrogens is 224 g/mol. The summed E-state index contributed by atoms with van der Waals surface area (Å²) in [5, 5.41) is 4.26. The van der Waals surface area contributed by atoms with E-state index < -0.39 is 5.92 Å². The summed E-state index contributed by atoms with van der Waals surface area (Å²) < 4.78 is 27.8. The summed E-state index contributed by atoms with van der Waals surface area (Å²) in [6.45, 7) is 0. The number of nitrogens with two attached hydrogens (primary N) is 1. The number of halogens is 2. The van der Waals surface area contributed by atoms with Crippen molar-refractivity contribution in [3.8, 4) is 0 Å². The van der Waals surface area contributed by atoms with Gasteiger partial charge in [0.1, 0.15) is 0 Å². The third-order valence-electron chi connectivity index (χ3n) is 3.58. The lowest BCUT2D eigenvalue weighted by atomic mass is 9.81. The highest BCUT2D eigenvalue weighted by molar-refractivity contribution is 5.02. The summed E-state index contributed by atoms with van der Waals surface area (Å²) in [5.74, 6) is -2.27. The van der Waals surface area contributed by atoms with E-state index >= 15 is 0 Å². The molecule has 3 nitrogen and oxygen atoms in total. The molecule has 96 valence electrons. The Balaban J connectivity index is 1.87. The molecule has 1 saturated carbocycles. The average molecular weight is 243 g/mol. The lowest BCUT2D eigenvalue weighted by Gasteiger charge is -2.31. The van der Waals surface area contributed by atoms with Crippen LogP contribution in [-0.2, 0) is 13.5 Å². The zero-order valence-electron chi connectivity index (χ0n) is 10.1. The van der Waals surface area contributed by atoms with E-state index in [1.807, 2.05) is 19.3 Å². The molecule has 0 saturated heterocycles. The molecule has 0 aromatic carbocycles. The molecule has 17 heavy (non-hydrogen) atoms. The molecule has 2 rings (SSSR count). The summed E-state index contributed by atoms with van der Waals surface area (Å²) in [4.78, 5) is 0. The quantitative estimate of drug-likeness (QED) is 0.883. The van der Waals surface area contributed by atoms with E-state index in [0.29, 0.717) is 19.3 Å². The maximum atomic E-state index is 13.0. The van der Waals surface area contributed by atoms with Gasteiger partial charge in [-0.3, -0.25) is 4.68 Å². The molecule has 1 aromatic rings. The molecule has 2 N–H and O–H groups in total. The minimum Gasteiger partial charge on any atom is -0.327 e. The first-order chi connectivity index (χ1) is 7.96. The van der Waals surface area contributed by atoms with Gasteiger partial charge in [0, 0.05) is 38.5 Å². The fourth-order valence-electron chi connectivity index (χ4n) is 2.47. The van der Waals surface area contributed by atoms with Gasteiger partial charge in [0.2, 0.25) is 5.92 Å². The van der Waals surface area contributed by atoms with Gasteiger partial charge < -0.3 is 5.73 Å². The van der Waals surface area contributed by atoms with Crippen molar-refractivity contribution in [3.63, 3.8) is 0 Å². The van der Waals surface area contributed by atoms with Gasteiger partial charge in [-0.2, -0.15) is 5.10 Å². The first kappa shape index (κ1) is 12.5. The molecule has 0 aliphatic heterocycles. The Hall–Kier alpha value is -0.970. The lowest BCUT2D eigenvalue weighted by Crippen LogP contribution is -2.37. The summed E-state index contributed by atoms with van der Waals surface area (Å²) in [7, 11) is 1.86. The summed E-state index contributed by atoms with van der Waals surface area (Å²) in [6.07, 6.45) is 3.57. The van der Waals surface area contributed by atoms with Gasteiger partial charge in [0.15, 0.2) is 0 Å². The van der Waals surface area contributed by atoms with E-state index in [4.69, 9.17) is 5.73 Å². The minimum atomic E-state index is -2.47. The monoisotopic (exact) mass is 243 g/mol. The highest BCUT2D eigenvalue weighted by Crippen LogP contribution is 2.37. The molecular formula is C12H19F2N3. The molecule has 1 atom stereocenters. The topological polar surface area (TPSA) is 43.8 Å². The third kappa shape index (κ3) is 3.25. The maximum Gasteiger partial charge on any atom is 0.248 e. The fourth-order valence-corrected chi connectivity index (χ4v) is 2.47. The van der Waals surface area contributed by atoms with Crippen molar-refractivity contribution >= 4 is 0 Å². The van der Waals surface area contributed by atoms with Crippen LogP contribution in [0.5, 0.6) is 0 Å². The number of aryl methyl sites for hydroxylation is 1. The van der Waals surface area contributed by atoms with E-state index in [-0.39, 0.29) is 24.8 Å². The second kappa shape index (κ2) is 4.72. The van der Waals surface area contributed by atoms with E-state index in [1.54, 1.807) is 4.68 Å². The Morgan fingerprint density at radius 3 is 2.71 bits per heavy atom. The zero-order chi connectivity index (χ0) is 12.5. The third-order valence-corrected chi connectivity index (χ3v) is 3.58. The molecule has 0 radical (unpaired) electrons. The molecule has 0 amide bonds. The standard InChI is InChI=1S/C12H19F2N3/c1-17-7-4-10(16-17)8-11(15)9-2-5-12(13,14)6-3-9/h4,7,9,11H,2-3,5-6,8,15H2,1H3. The van der Waals surface area contributed by atoms with Crippen LogP contribution in [0.2, 0.25) is 0 Å². The number of nitrogens with zero attached hydrogens (tertiary/aromatic N) is 2. The second-order valence-corrected chi connectivity index (χ2v) is 5.04. The van der Waals surface area contributed by atoms with Gasteiger partial charge in [-0.25, -0.2) is 8.78 Å². The SMILES string of the molecule is Cn1ccc(CC(N)C2CCC(F)(F)CC2)n1. The van der Waals surface area contributed by atoms with Gasteiger partial charge in [-0.1, -0.05) is 0 Å². The molecule has 1 fully saturated rings. The van der Waals surface area contributed by atoms with Gasteiger partial charge in [0.25, 0.3) is 0 Å². The van der Waals surface area contributed by atoms with Crippen molar-refractivity contribution in [1.29, 1.82) is 0 Å². The molecule has 0 spiro atoms. The number of hydrogen-bond donors (Lipinski definition) is 1. The molecule has 1 aliphatic rings. The Morgan fingerprint density at radius 2 is 2.18 bits per heavy atom. The largest absolute Gasteiger partial charge is 0.327 e. The molecule has 5 heteroatoms. The molecule has 1 aromatic heterocycles. The smallest absolute Gasteiger partial charge is 0.248 e. The van der Waals surface area contributed by atoms with Crippen LogP contribution < -0.4 is 5.73 Å². The van der Waals surface area contributed by atoms with Gasteiger partial charge in [-0.15, -0.1) is 0 Å². The van der Waals surface area contributed by atoms with Gasteiger partial charge in [-0.05, 0) is 24.8 Å². The van der Waals surface area contributed by atoms with Crippen molar-refractivity contribution in [2.24, 2.45) is 18.7 Å². The van der Waals surface area contributed by atoms with E-state index in [1.165, 1.54) is 0 Å². The van der Waals surface area contributed by atoms with Crippen LogP contribution in [-0.4, -0.2) is 21.7 Å². The van der Waals surface area contributed by atoms with Crippen LogP contribution in [0.4, 0.5) is 8.78 Å². The summed E-state index contributed by atoms with van der Waals surface area (Å²) >= 11 is 0. The average Bonchev–Trinajstić information content (AvgIpc) is 2.63. The molecule has 1 heterocycles. The van der Waals surface area contributed by atoms with E-state index in [0.717, 1.165) is 5.69 Å². The number of rotatable bonds is 3. The van der Waals surface area contributed by atoms with E-state index in [2.05, 4.69) is 5.10 Å². The van der Waals surface area contributed by atoms with Crippen molar-refractivity contribution in [2.75, 3.05) is 0 Å². The van der Waals surface area contributed by atoms with Gasteiger partial charge >= 0.3 is 0 Å². The second-order valence-electron chi connectivity index (χ2n) is 5.04. The highest BCUT2D eigenvalue weighted by atomic mass is 19.3. The number of aromatic nitrogens is 2. The lowest BCUT2D eigenvalue weighted by molar-refractivity contribution is -0.0481.